The first-order valence-corrected chi connectivity index (χ1v) is 9.29. The van der Waals surface area contributed by atoms with Crippen molar-refractivity contribution in [3.8, 4) is 5.75 Å². The lowest BCUT2D eigenvalue weighted by molar-refractivity contribution is -0.0502. The van der Waals surface area contributed by atoms with Crippen molar-refractivity contribution in [3.63, 3.8) is 0 Å². The molecule has 3 N–H and O–H groups in total. The second-order valence-electron chi connectivity index (χ2n) is 7.84. The Kier molecular flexibility index (Phi) is 6.33. The van der Waals surface area contributed by atoms with Crippen molar-refractivity contribution in [2.45, 2.75) is 51.2 Å². The van der Waals surface area contributed by atoms with E-state index in [4.69, 9.17) is 23.2 Å². The van der Waals surface area contributed by atoms with Gasteiger partial charge in [0.2, 0.25) is 0 Å². The summed E-state index contributed by atoms with van der Waals surface area (Å²) in [6.07, 6.45) is -0.00765. The second-order valence-corrected chi connectivity index (χ2v) is 8.66. The molecule has 0 spiro atoms. The summed E-state index contributed by atoms with van der Waals surface area (Å²) in [5.41, 5.74) is -0.749. The van der Waals surface area contributed by atoms with Crippen molar-refractivity contribution in [2.24, 2.45) is 0 Å². The summed E-state index contributed by atoms with van der Waals surface area (Å²) in [5.74, 6) is 0.0836. The Labute approximate surface area is 163 Å². The summed E-state index contributed by atoms with van der Waals surface area (Å²) in [6.45, 7) is 6.95. The van der Waals surface area contributed by atoms with E-state index in [0.29, 0.717) is 48.1 Å². The van der Waals surface area contributed by atoms with Gasteiger partial charge in [-0.3, -0.25) is 9.80 Å². The number of rotatable bonds is 4. The van der Waals surface area contributed by atoms with Gasteiger partial charge < -0.3 is 15.3 Å². The van der Waals surface area contributed by atoms with Crippen LogP contribution in [0.5, 0.6) is 5.75 Å². The molecule has 0 unspecified atom stereocenters. The molecule has 1 aliphatic heterocycles. The number of halogens is 2. The number of hydrogen-bond acceptors (Lipinski definition) is 4. The molecule has 1 aromatic rings. The molecule has 26 heavy (non-hydrogen) atoms. The molecule has 146 valence electrons. The second kappa shape index (κ2) is 7.80. The quantitative estimate of drug-likeness (QED) is 0.710. The van der Waals surface area contributed by atoms with Crippen LogP contribution in [-0.2, 0) is 6.54 Å². The summed E-state index contributed by atoms with van der Waals surface area (Å²) < 4.78 is 0. The van der Waals surface area contributed by atoms with Crippen LogP contribution >= 0.6 is 23.2 Å². The molecule has 0 atom stereocenters. The van der Waals surface area contributed by atoms with E-state index < -0.39 is 17.2 Å². The molecule has 0 saturated carbocycles. The molecule has 1 aromatic carbocycles. The van der Waals surface area contributed by atoms with Crippen LogP contribution in [0.1, 0.15) is 39.2 Å². The van der Waals surface area contributed by atoms with Gasteiger partial charge in [0, 0.05) is 36.8 Å². The molecule has 0 radical (unpaired) electrons. The highest BCUT2D eigenvalue weighted by molar-refractivity contribution is 6.42. The van der Waals surface area contributed by atoms with Crippen LogP contribution in [0.4, 0.5) is 4.79 Å². The molecule has 1 aliphatic rings. The lowest BCUT2D eigenvalue weighted by Gasteiger charge is -2.51. The number of aromatic hydroxyl groups is 1. The van der Waals surface area contributed by atoms with E-state index in [1.54, 1.807) is 6.07 Å². The number of carbonyl (C=O) groups is 1. The van der Waals surface area contributed by atoms with Gasteiger partial charge in [0.15, 0.2) is 0 Å². The fourth-order valence-electron chi connectivity index (χ4n) is 3.73. The number of nitrogens with zero attached hydrogens (tertiary/aromatic N) is 2. The first kappa shape index (κ1) is 21.1. The normalized spacial score (nSPS) is 17.9. The third-order valence-corrected chi connectivity index (χ3v) is 5.66. The maximum absolute atomic E-state index is 11.8. The number of likely N-dealkylation sites (tertiary alicyclic amines) is 1. The number of hydrogen-bond donors (Lipinski definition) is 3. The van der Waals surface area contributed by atoms with Crippen LogP contribution < -0.4 is 0 Å². The Morgan fingerprint density at radius 2 is 1.77 bits per heavy atom. The first-order chi connectivity index (χ1) is 12.0. The van der Waals surface area contributed by atoms with E-state index in [1.165, 1.54) is 11.0 Å². The van der Waals surface area contributed by atoms with Gasteiger partial charge in [-0.05, 0) is 39.7 Å². The summed E-state index contributed by atoms with van der Waals surface area (Å²) >= 11 is 11.9. The lowest BCUT2D eigenvalue weighted by Crippen LogP contribution is -2.64. The smallest absolute Gasteiger partial charge is 0.408 e. The zero-order valence-corrected chi connectivity index (χ0v) is 16.8. The maximum Gasteiger partial charge on any atom is 0.408 e. The number of amides is 1. The highest BCUT2D eigenvalue weighted by Gasteiger charge is 2.46. The molecule has 6 nitrogen and oxygen atoms in total. The van der Waals surface area contributed by atoms with Crippen molar-refractivity contribution in [3.05, 3.63) is 27.7 Å². The topological polar surface area (TPSA) is 84.2 Å². The van der Waals surface area contributed by atoms with Gasteiger partial charge in [-0.15, -0.1) is 0 Å². The van der Waals surface area contributed by atoms with Gasteiger partial charge >= 0.3 is 6.09 Å². The summed E-state index contributed by atoms with van der Waals surface area (Å²) in [7, 11) is 0. The SMILES string of the molecule is CC(C)(C)N(C(=O)O)C1(CO)CCN(Cc2cc(Cl)c(Cl)cc2O)CC1. The summed E-state index contributed by atoms with van der Waals surface area (Å²) in [6, 6.07) is 3.07. The Hall–Kier alpha value is -1.21. The van der Waals surface area contributed by atoms with Gasteiger partial charge in [0.1, 0.15) is 5.75 Å². The van der Waals surface area contributed by atoms with E-state index in [-0.39, 0.29) is 12.4 Å². The molecule has 0 aromatic heterocycles. The molecular formula is C18H26Cl2N2O4. The molecule has 1 saturated heterocycles. The third-order valence-electron chi connectivity index (χ3n) is 4.93. The predicted molar refractivity (Wildman–Crippen MR) is 102 cm³/mol. The average Bonchev–Trinajstić information content (AvgIpc) is 2.52. The highest BCUT2D eigenvalue weighted by Crippen LogP contribution is 2.36. The number of aliphatic hydroxyl groups excluding tert-OH is 1. The number of phenolic OH excluding ortho intramolecular Hbond substituents is 1. The molecule has 1 amide bonds. The fraction of sp³-hybridized carbons (Fsp3) is 0.611. The molecule has 0 bridgehead atoms. The van der Waals surface area contributed by atoms with Crippen molar-refractivity contribution < 1.29 is 20.1 Å². The Morgan fingerprint density at radius 3 is 2.23 bits per heavy atom. The minimum Gasteiger partial charge on any atom is -0.508 e. The minimum atomic E-state index is -1.03. The van der Waals surface area contributed by atoms with E-state index in [0.717, 1.165) is 0 Å². The maximum atomic E-state index is 11.8. The standard InChI is InChI=1S/C18H26Cl2N2O4/c1-17(2,3)22(16(25)26)18(11-23)4-6-21(7-5-18)10-12-8-13(19)14(20)9-15(12)24/h8-9,23-24H,4-7,10-11H2,1-3H3,(H,25,26). The molecule has 0 aliphatic carbocycles. The molecule has 2 rings (SSSR count). The molecular weight excluding hydrogens is 379 g/mol. The van der Waals surface area contributed by atoms with Gasteiger partial charge in [-0.2, -0.15) is 0 Å². The van der Waals surface area contributed by atoms with Crippen LogP contribution in [0.15, 0.2) is 12.1 Å². The average molecular weight is 405 g/mol. The number of aliphatic hydroxyl groups is 1. The molecule has 8 heteroatoms. The fourth-order valence-corrected chi connectivity index (χ4v) is 4.07. The third kappa shape index (κ3) is 4.36. The number of carboxylic acid groups (broad SMARTS) is 1. The Balaban J connectivity index is 2.14. The van der Waals surface area contributed by atoms with Gasteiger partial charge in [-0.1, -0.05) is 23.2 Å². The van der Waals surface area contributed by atoms with Gasteiger partial charge in [0.05, 0.1) is 22.2 Å². The Bertz CT molecular complexity index is 668. The van der Waals surface area contributed by atoms with Crippen molar-refractivity contribution in [1.29, 1.82) is 0 Å². The predicted octanol–water partition coefficient (Wildman–Crippen LogP) is 3.80. The van der Waals surface area contributed by atoms with E-state index in [2.05, 4.69) is 4.90 Å². The Morgan fingerprint density at radius 1 is 1.23 bits per heavy atom. The zero-order chi connectivity index (χ0) is 19.7. The van der Waals surface area contributed by atoms with Crippen molar-refractivity contribution >= 4 is 29.3 Å². The zero-order valence-electron chi connectivity index (χ0n) is 15.3. The number of benzene rings is 1. The summed E-state index contributed by atoms with van der Waals surface area (Å²) in [5, 5.41) is 30.5. The van der Waals surface area contributed by atoms with Crippen LogP contribution in [-0.4, -0.2) is 62.0 Å². The number of phenols is 1. The van der Waals surface area contributed by atoms with Gasteiger partial charge in [0.25, 0.3) is 0 Å². The van der Waals surface area contributed by atoms with Crippen LogP contribution in [0.25, 0.3) is 0 Å². The van der Waals surface area contributed by atoms with E-state index in [9.17, 15) is 20.1 Å². The molecule has 1 heterocycles. The largest absolute Gasteiger partial charge is 0.508 e. The van der Waals surface area contributed by atoms with Crippen molar-refractivity contribution in [1.82, 2.24) is 9.80 Å². The monoisotopic (exact) mass is 404 g/mol. The van der Waals surface area contributed by atoms with Gasteiger partial charge in [-0.25, -0.2) is 4.79 Å². The first-order valence-electron chi connectivity index (χ1n) is 8.53. The lowest BCUT2D eigenvalue weighted by atomic mass is 9.83. The van der Waals surface area contributed by atoms with Crippen LogP contribution in [0.3, 0.4) is 0 Å². The summed E-state index contributed by atoms with van der Waals surface area (Å²) in [4.78, 5) is 15.3. The van der Waals surface area contributed by atoms with Crippen LogP contribution in [0, 0.1) is 0 Å². The van der Waals surface area contributed by atoms with E-state index in [1.807, 2.05) is 20.8 Å². The van der Waals surface area contributed by atoms with Crippen molar-refractivity contribution in [2.75, 3.05) is 19.7 Å². The minimum absolute atomic E-state index is 0.0836. The molecule has 1 fully saturated rings. The number of piperidine rings is 1. The highest BCUT2D eigenvalue weighted by atomic mass is 35.5. The van der Waals surface area contributed by atoms with Crippen LogP contribution in [0.2, 0.25) is 10.0 Å². The van der Waals surface area contributed by atoms with E-state index >= 15 is 0 Å².